The Morgan fingerprint density at radius 2 is 1.55 bits per heavy atom. The predicted octanol–water partition coefficient (Wildman–Crippen LogP) is 3.23. The number of rotatable bonds is 5. The number of carbonyl (C=O) groups is 2. The summed E-state index contributed by atoms with van der Waals surface area (Å²) >= 11 is 0. The third kappa shape index (κ3) is 4.09. The second-order valence-electron chi connectivity index (χ2n) is 5.86. The Balaban J connectivity index is 1.98. The van der Waals surface area contributed by atoms with Crippen molar-refractivity contribution >= 4 is 11.8 Å². The van der Waals surface area contributed by atoms with E-state index in [9.17, 15) is 9.59 Å². The van der Waals surface area contributed by atoms with Gasteiger partial charge in [-0.15, -0.1) is 0 Å². The monoisotopic (exact) mass is 302 g/mol. The Bertz CT molecular complexity index is 500. The second-order valence-corrected chi connectivity index (χ2v) is 5.86. The van der Waals surface area contributed by atoms with E-state index in [-0.39, 0.29) is 11.8 Å². The minimum atomic E-state index is -0.0336. The molecule has 0 unspecified atom stereocenters. The molecule has 0 spiro atoms. The van der Waals surface area contributed by atoms with E-state index in [1.165, 1.54) is 19.3 Å². The summed E-state index contributed by atoms with van der Waals surface area (Å²) in [6.07, 6.45) is 5.81. The summed E-state index contributed by atoms with van der Waals surface area (Å²) in [5.41, 5.74) is 1.26. The molecule has 0 bridgehead atoms. The topological polar surface area (TPSA) is 49.4 Å². The fraction of sp³-hybridized carbons (Fsp3) is 0.556. The van der Waals surface area contributed by atoms with E-state index in [0.29, 0.717) is 30.3 Å². The van der Waals surface area contributed by atoms with Crippen molar-refractivity contribution in [3.05, 3.63) is 35.4 Å². The number of carbonyl (C=O) groups excluding carboxylic acids is 2. The van der Waals surface area contributed by atoms with E-state index in [2.05, 4.69) is 5.32 Å². The number of nitrogens with zero attached hydrogens (tertiary/aromatic N) is 1. The first kappa shape index (κ1) is 16.5. The largest absolute Gasteiger partial charge is 0.349 e. The second kappa shape index (κ2) is 7.97. The van der Waals surface area contributed by atoms with Crippen molar-refractivity contribution in [1.29, 1.82) is 0 Å². The van der Waals surface area contributed by atoms with Gasteiger partial charge in [0.05, 0.1) is 0 Å². The maximum absolute atomic E-state index is 12.2. The fourth-order valence-corrected chi connectivity index (χ4v) is 2.97. The molecule has 4 heteroatoms. The Morgan fingerprint density at radius 3 is 2.09 bits per heavy atom. The van der Waals surface area contributed by atoms with Crippen LogP contribution < -0.4 is 5.32 Å². The smallest absolute Gasteiger partial charge is 0.253 e. The Hall–Kier alpha value is -1.84. The van der Waals surface area contributed by atoms with Crippen LogP contribution in [0.4, 0.5) is 0 Å². The first-order valence-corrected chi connectivity index (χ1v) is 8.36. The zero-order valence-electron chi connectivity index (χ0n) is 13.6. The molecule has 1 aromatic carbocycles. The van der Waals surface area contributed by atoms with Gasteiger partial charge in [-0.25, -0.2) is 0 Å². The third-order valence-corrected chi connectivity index (χ3v) is 4.39. The molecule has 0 heterocycles. The number of hydrogen-bond acceptors (Lipinski definition) is 2. The molecule has 0 atom stereocenters. The molecule has 4 nitrogen and oxygen atoms in total. The normalized spacial score (nSPS) is 15.4. The molecule has 0 aromatic heterocycles. The SMILES string of the molecule is CCN(CC)C(=O)c1ccc(C(=O)NC2CCCCC2)cc1. The highest BCUT2D eigenvalue weighted by molar-refractivity contribution is 5.97. The molecular weight excluding hydrogens is 276 g/mol. The van der Waals surface area contributed by atoms with Crippen LogP contribution in [0.15, 0.2) is 24.3 Å². The summed E-state index contributed by atoms with van der Waals surface area (Å²) in [4.78, 5) is 26.2. The number of amides is 2. The molecule has 0 saturated heterocycles. The molecule has 2 amide bonds. The van der Waals surface area contributed by atoms with Crippen LogP contribution >= 0.6 is 0 Å². The van der Waals surface area contributed by atoms with Gasteiger partial charge in [0.15, 0.2) is 0 Å². The molecule has 1 aromatic rings. The van der Waals surface area contributed by atoms with Crippen molar-refractivity contribution in [1.82, 2.24) is 10.2 Å². The van der Waals surface area contributed by atoms with Crippen molar-refractivity contribution in [2.45, 2.75) is 52.0 Å². The first-order chi connectivity index (χ1) is 10.7. The summed E-state index contributed by atoms with van der Waals surface area (Å²) in [6, 6.07) is 7.29. The van der Waals surface area contributed by atoms with Crippen LogP contribution in [0.3, 0.4) is 0 Å². The van der Waals surface area contributed by atoms with Gasteiger partial charge in [0.2, 0.25) is 0 Å². The van der Waals surface area contributed by atoms with E-state index in [1.54, 1.807) is 29.2 Å². The fourth-order valence-electron chi connectivity index (χ4n) is 2.97. The van der Waals surface area contributed by atoms with E-state index in [0.717, 1.165) is 12.8 Å². The van der Waals surface area contributed by atoms with Crippen LogP contribution in [0.2, 0.25) is 0 Å². The highest BCUT2D eigenvalue weighted by atomic mass is 16.2. The Morgan fingerprint density at radius 1 is 1.00 bits per heavy atom. The number of nitrogens with one attached hydrogen (secondary N) is 1. The van der Waals surface area contributed by atoms with Gasteiger partial charge >= 0.3 is 0 Å². The lowest BCUT2D eigenvalue weighted by Crippen LogP contribution is -2.36. The van der Waals surface area contributed by atoms with Crippen molar-refractivity contribution < 1.29 is 9.59 Å². The van der Waals surface area contributed by atoms with Gasteiger partial charge in [0, 0.05) is 30.3 Å². The minimum Gasteiger partial charge on any atom is -0.349 e. The van der Waals surface area contributed by atoms with E-state index >= 15 is 0 Å². The highest BCUT2D eigenvalue weighted by Crippen LogP contribution is 2.18. The Kier molecular flexibility index (Phi) is 5.99. The quantitative estimate of drug-likeness (QED) is 0.908. The van der Waals surface area contributed by atoms with Gasteiger partial charge in [-0.1, -0.05) is 19.3 Å². The summed E-state index contributed by atoms with van der Waals surface area (Å²) in [5, 5.41) is 3.09. The van der Waals surface area contributed by atoms with Crippen LogP contribution in [0.5, 0.6) is 0 Å². The van der Waals surface area contributed by atoms with Gasteiger partial charge in [-0.2, -0.15) is 0 Å². The van der Waals surface area contributed by atoms with Crippen molar-refractivity contribution in [3.8, 4) is 0 Å². The van der Waals surface area contributed by atoms with Crippen LogP contribution in [0, 0.1) is 0 Å². The van der Waals surface area contributed by atoms with Gasteiger partial charge in [0.1, 0.15) is 0 Å². The maximum Gasteiger partial charge on any atom is 0.253 e. The average molecular weight is 302 g/mol. The molecule has 1 fully saturated rings. The minimum absolute atomic E-state index is 0.0178. The molecule has 0 radical (unpaired) electrons. The van der Waals surface area contributed by atoms with E-state index < -0.39 is 0 Å². The van der Waals surface area contributed by atoms with E-state index in [4.69, 9.17) is 0 Å². The van der Waals surface area contributed by atoms with Crippen LogP contribution in [-0.4, -0.2) is 35.8 Å². The van der Waals surface area contributed by atoms with E-state index in [1.807, 2.05) is 13.8 Å². The van der Waals surface area contributed by atoms with Gasteiger partial charge in [-0.3, -0.25) is 9.59 Å². The molecule has 1 saturated carbocycles. The molecular formula is C18H26N2O2. The lowest BCUT2D eigenvalue weighted by Gasteiger charge is -2.23. The number of hydrogen-bond donors (Lipinski definition) is 1. The van der Waals surface area contributed by atoms with Crippen molar-refractivity contribution in [3.63, 3.8) is 0 Å². The van der Waals surface area contributed by atoms with Gasteiger partial charge in [0.25, 0.3) is 11.8 Å². The lowest BCUT2D eigenvalue weighted by atomic mass is 9.95. The lowest BCUT2D eigenvalue weighted by molar-refractivity contribution is 0.0772. The summed E-state index contributed by atoms with van der Waals surface area (Å²) in [5.74, 6) is -0.0158. The number of benzene rings is 1. The molecule has 1 aliphatic carbocycles. The van der Waals surface area contributed by atoms with Gasteiger partial charge in [-0.05, 0) is 51.0 Å². The Labute approximate surface area is 132 Å². The highest BCUT2D eigenvalue weighted by Gasteiger charge is 2.17. The molecule has 2 rings (SSSR count). The summed E-state index contributed by atoms with van der Waals surface area (Å²) < 4.78 is 0. The third-order valence-electron chi connectivity index (χ3n) is 4.39. The van der Waals surface area contributed by atoms with Crippen molar-refractivity contribution in [2.24, 2.45) is 0 Å². The molecule has 0 aliphatic heterocycles. The van der Waals surface area contributed by atoms with Crippen LogP contribution in [-0.2, 0) is 0 Å². The van der Waals surface area contributed by atoms with Crippen LogP contribution in [0.25, 0.3) is 0 Å². The molecule has 1 N–H and O–H groups in total. The maximum atomic E-state index is 12.2. The average Bonchev–Trinajstić information content (AvgIpc) is 2.57. The zero-order valence-corrected chi connectivity index (χ0v) is 13.6. The molecule has 22 heavy (non-hydrogen) atoms. The zero-order chi connectivity index (χ0) is 15.9. The molecule has 120 valence electrons. The first-order valence-electron chi connectivity index (χ1n) is 8.36. The van der Waals surface area contributed by atoms with Crippen LogP contribution in [0.1, 0.15) is 66.7 Å². The predicted molar refractivity (Wildman–Crippen MR) is 88.0 cm³/mol. The van der Waals surface area contributed by atoms with Gasteiger partial charge < -0.3 is 10.2 Å². The summed E-state index contributed by atoms with van der Waals surface area (Å²) in [6.45, 7) is 5.32. The standard InChI is InChI=1S/C18H26N2O2/c1-3-20(4-2)18(22)15-12-10-14(11-13-15)17(21)19-16-8-6-5-7-9-16/h10-13,16H,3-9H2,1-2H3,(H,19,21). The van der Waals surface area contributed by atoms with Crippen molar-refractivity contribution in [2.75, 3.05) is 13.1 Å². The summed E-state index contributed by atoms with van der Waals surface area (Å²) in [7, 11) is 0. The molecule has 1 aliphatic rings.